The van der Waals surface area contributed by atoms with Gasteiger partial charge >= 0.3 is 0 Å². The fraction of sp³-hybridized carbons (Fsp3) is 0.176. The van der Waals surface area contributed by atoms with Gasteiger partial charge in [0.1, 0.15) is 5.69 Å². The minimum Gasteiger partial charge on any atom is -0.338 e. The predicted octanol–water partition coefficient (Wildman–Crippen LogP) is 3.55. The van der Waals surface area contributed by atoms with E-state index in [1.807, 2.05) is 38.1 Å². The Morgan fingerprint density at radius 1 is 1.04 bits per heavy atom. The zero-order valence-corrected chi connectivity index (χ0v) is 14.6. The van der Waals surface area contributed by atoms with Gasteiger partial charge in [-0.2, -0.15) is 0 Å². The topological polar surface area (TPSA) is 63.1 Å². The van der Waals surface area contributed by atoms with Crippen LogP contribution in [0, 0.1) is 0 Å². The SMILES string of the molecule is CC(C)c1ccccc1P(=O)(O)c1ccccc1-c1csnn1. The summed E-state index contributed by atoms with van der Waals surface area (Å²) in [6.07, 6.45) is 0. The van der Waals surface area contributed by atoms with Gasteiger partial charge in [0.2, 0.25) is 0 Å². The van der Waals surface area contributed by atoms with Gasteiger partial charge in [-0.3, -0.25) is 4.57 Å². The van der Waals surface area contributed by atoms with Gasteiger partial charge in [-0.05, 0) is 35.1 Å². The van der Waals surface area contributed by atoms with Gasteiger partial charge in [-0.1, -0.05) is 54.7 Å². The maximum Gasteiger partial charge on any atom is 0.259 e. The van der Waals surface area contributed by atoms with Gasteiger partial charge < -0.3 is 4.89 Å². The van der Waals surface area contributed by atoms with Gasteiger partial charge in [-0.25, -0.2) is 0 Å². The molecule has 1 aromatic heterocycles. The second-order valence-electron chi connectivity index (χ2n) is 5.60. The standard InChI is InChI=1S/C17H17N2O2PS/c1-12(2)13-7-3-5-9-16(13)22(20,21)17-10-6-4-8-14(17)15-11-23-19-18-15/h3-12H,1-2H3,(H,20,21). The lowest BCUT2D eigenvalue weighted by molar-refractivity contribution is 0.500. The molecule has 0 bridgehead atoms. The summed E-state index contributed by atoms with van der Waals surface area (Å²) < 4.78 is 17.2. The van der Waals surface area contributed by atoms with E-state index in [-0.39, 0.29) is 5.92 Å². The van der Waals surface area contributed by atoms with Crippen LogP contribution in [0.2, 0.25) is 0 Å². The zero-order chi connectivity index (χ0) is 16.4. The highest BCUT2D eigenvalue weighted by Gasteiger charge is 2.30. The third-order valence-corrected chi connectivity index (χ3v) is 6.36. The molecule has 0 saturated carbocycles. The Kier molecular flexibility index (Phi) is 4.44. The van der Waals surface area contributed by atoms with Crippen LogP contribution in [0.5, 0.6) is 0 Å². The van der Waals surface area contributed by atoms with Crippen molar-refractivity contribution in [2.45, 2.75) is 19.8 Å². The lowest BCUT2D eigenvalue weighted by Crippen LogP contribution is -2.21. The van der Waals surface area contributed by atoms with Crippen LogP contribution in [0.15, 0.2) is 53.9 Å². The highest BCUT2D eigenvalue weighted by atomic mass is 32.1. The summed E-state index contributed by atoms with van der Waals surface area (Å²) in [6, 6.07) is 14.5. The molecule has 1 N–H and O–H groups in total. The molecule has 1 unspecified atom stereocenters. The Morgan fingerprint density at radius 2 is 1.70 bits per heavy atom. The van der Waals surface area contributed by atoms with E-state index < -0.39 is 7.37 Å². The zero-order valence-electron chi connectivity index (χ0n) is 12.9. The molecule has 0 radical (unpaired) electrons. The van der Waals surface area contributed by atoms with Crippen molar-refractivity contribution in [1.29, 1.82) is 0 Å². The summed E-state index contributed by atoms with van der Waals surface area (Å²) in [5.74, 6) is 0.166. The third-order valence-electron chi connectivity index (χ3n) is 3.75. The van der Waals surface area contributed by atoms with Crippen LogP contribution in [0.3, 0.4) is 0 Å². The summed E-state index contributed by atoms with van der Waals surface area (Å²) in [7, 11) is -3.73. The molecule has 1 heterocycles. The van der Waals surface area contributed by atoms with Gasteiger partial charge in [-0.15, -0.1) is 5.10 Å². The van der Waals surface area contributed by atoms with Crippen molar-refractivity contribution in [1.82, 2.24) is 9.59 Å². The molecule has 2 aromatic carbocycles. The van der Waals surface area contributed by atoms with Crippen molar-refractivity contribution in [2.75, 3.05) is 0 Å². The Morgan fingerprint density at radius 3 is 2.35 bits per heavy atom. The lowest BCUT2D eigenvalue weighted by atomic mass is 10.0. The average molecular weight is 344 g/mol. The maximum atomic E-state index is 13.4. The Labute approximate surface area is 139 Å². The van der Waals surface area contributed by atoms with Gasteiger partial charge in [0.15, 0.2) is 0 Å². The third kappa shape index (κ3) is 3.00. The normalized spacial score (nSPS) is 13.9. The highest BCUT2D eigenvalue weighted by Crippen LogP contribution is 2.43. The molecule has 0 fully saturated rings. The van der Waals surface area contributed by atoms with Crippen LogP contribution in [0.1, 0.15) is 25.3 Å². The van der Waals surface area contributed by atoms with Crippen LogP contribution in [0.4, 0.5) is 0 Å². The second kappa shape index (κ2) is 6.36. The van der Waals surface area contributed by atoms with Crippen molar-refractivity contribution in [3.05, 3.63) is 59.5 Å². The Hall–Kier alpha value is -1.81. The summed E-state index contributed by atoms with van der Waals surface area (Å²) in [6.45, 7) is 4.05. The first-order valence-electron chi connectivity index (χ1n) is 7.31. The number of benzene rings is 2. The molecular weight excluding hydrogens is 327 g/mol. The molecule has 0 aliphatic rings. The summed E-state index contributed by atoms with van der Waals surface area (Å²) >= 11 is 1.23. The van der Waals surface area contributed by atoms with Crippen LogP contribution < -0.4 is 10.6 Å². The number of aromatic nitrogens is 2. The minimum absolute atomic E-state index is 0.166. The molecule has 3 aromatic rings. The molecule has 3 rings (SSSR count). The van der Waals surface area contributed by atoms with Crippen molar-refractivity contribution in [2.24, 2.45) is 0 Å². The number of hydrogen-bond acceptors (Lipinski definition) is 4. The van der Waals surface area contributed by atoms with Crippen molar-refractivity contribution in [3.63, 3.8) is 0 Å². The van der Waals surface area contributed by atoms with Crippen LogP contribution >= 0.6 is 18.9 Å². The molecular formula is C17H17N2O2PS. The minimum atomic E-state index is -3.73. The number of nitrogens with zero attached hydrogens (tertiary/aromatic N) is 2. The van der Waals surface area contributed by atoms with E-state index in [1.54, 1.807) is 29.6 Å². The fourth-order valence-electron chi connectivity index (χ4n) is 2.62. The van der Waals surface area contributed by atoms with Crippen LogP contribution in [-0.2, 0) is 4.57 Å². The molecule has 1 atom stereocenters. The quantitative estimate of drug-likeness (QED) is 0.735. The molecule has 0 amide bonds. The van der Waals surface area contributed by atoms with E-state index in [1.165, 1.54) is 11.5 Å². The van der Waals surface area contributed by atoms with E-state index in [4.69, 9.17) is 0 Å². The van der Waals surface area contributed by atoms with Crippen LogP contribution in [-0.4, -0.2) is 14.5 Å². The monoisotopic (exact) mass is 344 g/mol. The van der Waals surface area contributed by atoms with Crippen molar-refractivity contribution < 1.29 is 9.46 Å². The molecule has 0 spiro atoms. The fourth-order valence-corrected chi connectivity index (χ4v) is 5.11. The molecule has 0 saturated heterocycles. The summed E-state index contributed by atoms with van der Waals surface area (Å²) in [5, 5.41) is 6.73. The van der Waals surface area contributed by atoms with Crippen LogP contribution in [0.25, 0.3) is 11.3 Å². The summed E-state index contributed by atoms with van der Waals surface area (Å²) in [5.41, 5.74) is 2.18. The second-order valence-corrected chi connectivity index (χ2v) is 8.32. The predicted molar refractivity (Wildman–Crippen MR) is 95.0 cm³/mol. The first-order valence-corrected chi connectivity index (χ1v) is 9.80. The van der Waals surface area contributed by atoms with Crippen molar-refractivity contribution in [3.8, 4) is 11.3 Å². The average Bonchev–Trinajstić information content (AvgIpc) is 3.09. The van der Waals surface area contributed by atoms with Gasteiger partial charge in [0.25, 0.3) is 7.37 Å². The molecule has 0 aliphatic heterocycles. The van der Waals surface area contributed by atoms with E-state index in [0.29, 0.717) is 21.9 Å². The smallest absolute Gasteiger partial charge is 0.259 e. The van der Waals surface area contributed by atoms with E-state index >= 15 is 0 Å². The van der Waals surface area contributed by atoms with Gasteiger partial charge in [0.05, 0.1) is 5.30 Å². The first kappa shape index (κ1) is 16.1. The molecule has 6 heteroatoms. The van der Waals surface area contributed by atoms with E-state index in [0.717, 1.165) is 5.56 Å². The maximum absolute atomic E-state index is 13.4. The Bertz CT molecular complexity index is 863. The van der Waals surface area contributed by atoms with E-state index in [9.17, 15) is 9.46 Å². The molecule has 23 heavy (non-hydrogen) atoms. The molecule has 0 aliphatic carbocycles. The summed E-state index contributed by atoms with van der Waals surface area (Å²) in [4.78, 5) is 11.0. The first-order chi connectivity index (χ1) is 11.0. The van der Waals surface area contributed by atoms with E-state index in [2.05, 4.69) is 9.59 Å². The lowest BCUT2D eigenvalue weighted by Gasteiger charge is -2.20. The van der Waals surface area contributed by atoms with Crippen molar-refractivity contribution >= 4 is 29.5 Å². The van der Waals surface area contributed by atoms with Gasteiger partial charge in [0, 0.05) is 16.2 Å². The number of hydrogen-bond donors (Lipinski definition) is 1. The highest BCUT2D eigenvalue weighted by molar-refractivity contribution is 7.73. The number of rotatable bonds is 4. The molecule has 118 valence electrons. The largest absolute Gasteiger partial charge is 0.338 e. The Balaban J connectivity index is 2.21. The molecule has 4 nitrogen and oxygen atoms in total.